The number of rotatable bonds is 7. The fourth-order valence-electron chi connectivity index (χ4n) is 4.01. The first-order valence-electron chi connectivity index (χ1n) is 11.5. The molecule has 4 heteroatoms. The Bertz CT molecular complexity index is 1230. The maximum absolute atomic E-state index is 10.7. The zero-order valence-corrected chi connectivity index (χ0v) is 20.9. The minimum atomic E-state index is -1.02. The van der Waals surface area contributed by atoms with E-state index < -0.39 is 5.60 Å². The fraction of sp³-hybridized carbons (Fsp3) is 0.276. The van der Waals surface area contributed by atoms with Gasteiger partial charge in [-0.3, -0.25) is 4.57 Å². The van der Waals surface area contributed by atoms with Crippen molar-refractivity contribution in [2.45, 2.75) is 51.0 Å². The van der Waals surface area contributed by atoms with Crippen molar-refractivity contribution in [3.05, 3.63) is 90.3 Å². The predicted molar refractivity (Wildman–Crippen MR) is 140 cm³/mol. The van der Waals surface area contributed by atoms with Gasteiger partial charge >= 0.3 is 0 Å². The van der Waals surface area contributed by atoms with Crippen LogP contribution in [0.2, 0.25) is 0 Å². The highest BCUT2D eigenvalue weighted by Crippen LogP contribution is 2.33. The summed E-state index contributed by atoms with van der Waals surface area (Å²) in [6.45, 7) is 10.1. The summed E-state index contributed by atoms with van der Waals surface area (Å²) in [7, 11) is 0. The molecule has 0 saturated heterocycles. The van der Waals surface area contributed by atoms with Crippen LogP contribution < -0.4 is 0 Å². The molecule has 170 valence electrons. The average Bonchev–Trinajstić information content (AvgIpc) is 3.26. The number of aliphatic hydroxyl groups is 1. The lowest BCUT2D eigenvalue weighted by Gasteiger charge is -2.14. The average molecular weight is 457 g/mol. The molecule has 0 amide bonds. The summed E-state index contributed by atoms with van der Waals surface area (Å²) < 4.78 is 2.10. The van der Waals surface area contributed by atoms with Crippen molar-refractivity contribution < 1.29 is 5.11 Å². The van der Waals surface area contributed by atoms with Gasteiger partial charge in [0.05, 0.1) is 5.69 Å². The molecule has 0 saturated carbocycles. The molecule has 0 bridgehead atoms. The van der Waals surface area contributed by atoms with Crippen molar-refractivity contribution in [1.82, 2.24) is 9.55 Å². The van der Waals surface area contributed by atoms with E-state index >= 15 is 0 Å². The van der Waals surface area contributed by atoms with Gasteiger partial charge in [-0.2, -0.15) is 0 Å². The molecule has 0 aliphatic heterocycles. The molecule has 33 heavy (non-hydrogen) atoms. The molecule has 1 heterocycles. The van der Waals surface area contributed by atoms with Gasteiger partial charge in [-0.15, -0.1) is 11.8 Å². The smallest absolute Gasteiger partial charge is 0.145 e. The Labute approximate surface area is 201 Å². The van der Waals surface area contributed by atoms with E-state index in [1.165, 1.54) is 21.6 Å². The Kier molecular flexibility index (Phi) is 6.78. The van der Waals surface area contributed by atoms with Gasteiger partial charge in [0.2, 0.25) is 0 Å². The van der Waals surface area contributed by atoms with Crippen LogP contribution in [0.4, 0.5) is 0 Å². The minimum Gasteiger partial charge on any atom is -0.384 e. The van der Waals surface area contributed by atoms with Crippen molar-refractivity contribution in [2.24, 2.45) is 0 Å². The molecule has 3 aromatic carbocycles. The maximum Gasteiger partial charge on any atom is 0.145 e. The van der Waals surface area contributed by atoms with Crippen LogP contribution in [0, 0.1) is 0 Å². The standard InChI is InChI=1S/C29H32N2OS/c1-6-33-24-11-9-10-22(18-24)21-14-16-23(17-15-21)31-19-27(29(4,5)32)30-28(31)26-13-8-7-12-25(26)20(2)3/h7-20,32H,6H2,1-5H3. The van der Waals surface area contributed by atoms with Crippen LogP contribution in [0.15, 0.2) is 83.9 Å². The molecule has 0 aliphatic carbocycles. The van der Waals surface area contributed by atoms with E-state index in [0.29, 0.717) is 11.6 Å². The highest BCUT2D eigenvalue weighted by atomic mass is 32.2. The molecule has 0 radical (unpaired) electrons. The molecule has 1 aromatic heterocycles. The van der Waals surface area contributed by atoms with Gasteiger partial charge in [-0.25, -0.2) is 4.98 Å². The fourth-order valence-corrected chi connectivity index (χ4v) is 4.73. The van der Waals surface area contributed by atoms with Gasteiger partial charge < -0.3 is 5.11 Å². The van der Waals surface area contributed by atoms with Crippen LogP contribution >= 0.6 is 11.8 Å². The number of hydrogen-bond donors (Lipinski definition) is 1. The molecule has 0 spiro atoms. The van der Waals surface area contributed by atoms with Crippen LogP contribution in [-0.2, 0) is 5.60 Å². The first-order chi connectivity index (χ1) is 15.8. The number of hydrogen-bond acceptors (Lipinski definition) is 3. The summed E-state index contributed by atoms with van der Waals surface area (Å²) in [5.74, 6) is 2.28. The number of imidazole rings is 1. The van der Waals surface area contributed by atoms with E-state index in [0.717, 1.165) is 22.8 Å². The number of aromatic nitrogens is 2. The summed E-state index contributed by atoms with van der Waals surface area (Å²) in [6, 6.07) is 25.7. The third kappa shape index (κ3) is 5.07. The Morgan fingerprint density at radius 3 is 2.33 bits per heavy atom. The lowest BCUT2D eigenvalue weighted by molar-refractivity contribution is 0.0743. The van der Waals surface area contributed by atoms with Gasteiger partial charge in [-0.05, 0) is 66.5 Å². The molecule has 0 aliphatic rings. The zero-order chi connectivity index (χ0) is 23.6. The summed E-state index contributed by atoms with van der Waals surface area (Å²) >= 11 is 1.86. The second kappa shape index (κ2) is 9.58. The Hall–Kier alpha value is -2.82. The number of nitrogens with zero attached hydrogens (tertiary/aromatic N) is 2. The first-order valence-corrected chi connectivity index (χ1v) is 12.5. The molecular formula is C29H32N2OS. The predicted octanol–water partition coefficient (Wildman–Crippen LogP) is 7.67. The summed E-state index contributed by atoms with van der Waals surface area (Å²) in [4.78, 5) is 6.18. The third-order valence-corrected chi connectivity index (χ3v) is 6.66. The quantitative estimate of drug-likeness (QED) is 0.290. The van der Waals surface area contributed by atoms with Crippen LogP contribution in [-0.4, -0.2) is 20.4 Å². The Balaban J connectivity index is 1.79. The highest BCUT2D eigenvalue weighted by molar-refractivity contribution is 7.99. The lowest BCUT2D eigenvalue weighted by atomic mass is 9.96. The number of thioether (sulfide) groups is 1. The van der Waals surface area contributed by atoms with Crippen molar-refractivity contribution in [1.29, 1.82) is 0 Å². The Morgan fingerprint density at radius 2 is 1.67 bits per heavy atom. The molecule has 0 unspecified atom stereocenters. The number of benzene rings is 3. The van der Waals surface area contributed by atoms with Crippen LogP contribution in [0.25, 0.3) is 28.2 Å². The summed E-state index contributed by atoms with van der Waals surface area (Å²) in [5, 5.41) is 10.7. The van der Waals surface area contributed by atoms with Crippen LogP contribution in [0.5, 0.6) is 0 Å². The van der Waals surface area contributed by atoms with E-state index in [1.807, 2.05) is 24.0 Å². The van der Waals surface area contributed by atoms with Crippen molar-refractivity contribution in [3.8, 4) is 28.2 Å². The van der Waals surface area contributed by atoms with Gasteiger partial charge in [0.25, 0.3) is 0 Å². The molecular weight excluding hydrogens is 424 g/mol. The summed E-state index contributed by atoms with van der Waals surface area (Å²) in [6.07, 6.45) is 1.96. The van der Waals surface area contributed by atoms with Gasteiger partial charge in [-0.1, -0.05) is 69.3 Å². The topological polar surface area (TPSA) is 38.0 Å². The monoisotopic (exact) mass is 456 g/mol. The van der Waals surface area contributed by atoms with Gasteiger partial charge in [0.15, 0.2) is 0 Å². The lowest BCUT2D eigenvalue weighted by Crippen LogP contribution is -2.15. The van der Waals surface area contributed by atoms with Crippen molar-refractivity contribution in [2.75, 3.05) is 5.75 Å². The minimum absolute atomic E-state index is 0.368. The van der Waals surface area contributed by atoms with E-state index in [2.05, 4.69) is 92.1 Å². The zero-order valence-electron chi connectivity index (χ0n) is 20.0. The van der Waals surface area contributed by atoms with E-state index in [1.54, 1.807) is 13.8 Å². The van der Waals surface area contributed by atoms with Gasteiger partial charge in [0.1, 0.15) is 11.4 Å². The first kappa shape index (κ1) is 23.3. The van der Waals surface area contributed by atoms with Crippen LogP contribution in [0.3, 0.4) is 0 Å². The Morgan fingerprint density at radius 1 is 0.939 bits per heavy atom. The molecule has 4 rings (SSSR count). The molecule has 0 atom stereocenters. The molecule has 3 nitrogen and oxygen atoms in total. The largest absolute Gasteiger partial charge is 0.384 e. The van der Waals surface area contributed by atoms with Gasteiger partial charge in [0, 0.05) is 22.3 Å². The second-order valence-electron chi connectivity index (χ2n) is 9.13. The maximum atomic E-state index is 10.7. The highest BCUT2D eigenvalue weighted by Gasteiger charge is 2.24. The SMILES string of the molecule is CCSc1cccc(-c2ccc(-n3cc(C(C)(C)O)nc3-c3ccccc3C(C)C)cc2)c1. The van der Waals surface area contributed by atoms with E-state index in [4.69, 9.17) is 4.98 Å². The van der Waals surface area contributed by atoms with E-state index in [9.17, 15) is 5.11 Å². The molecule has 4 aromatic rings. The normalized spacial score (nSPS) is 11.8. The second-order valence-corrected chi connectivity index (χ2v) is 10.5. The summed E-state index contributed by atoms with van der Waals surface area (Å²) in [5.41, 5.74) is 5.39. The van der Waals surface area contributed by atoms with Crippen molar-refractivity contribution >= 4 is 11.8 Å². The molecule has 0 fully saturated rings. The van der Waals surface area contributed by atoms with Crippen LogP contribution in [0.1, 0.15) is 51.8 Å². The van der Waals surface area contributed by atoms with E-state index in [-0.39, 0.29) is 0 Å². The molecule has 1 N–H and O–H groups in total. The third-order valence-electron chi connectivity index (χ3n) is 5.78. The van der Waals surface area contributed by atoms with Crippen molar-refractivity contribution in [3.63, 3.8) is 0 Å².